The van der Waals surface area contributed by atoms with Crippen molar-refractivity contribution in [2.75, 3.05) is 19.6 Å². The van der Waals surface area contributed by atoms with Crippen LogP contribution in [0.4, 0.5) is 26.3 Å². The summed E-state index contributed by atoms with van der Waals surface area (Å²) in [7, 11) is -6.06. The van der Waals surface area contributed by atoms with E-state index < -0.39 is 46.1 Å². The van der Waals surface area contributed by atoms with Gasteiger partial charge in [-0.05, 0) is 19.3 Å². The van der Waals surface area contributed by atoms with Crippen LogP contribution in [0, 0.1) is 0 Å². The van der Waals surface area contributed by atoms with E-state index in [1.54, 1.807) is 0 Å². The van der Waals surface area contributed by atoms with Crippen LogP contribution in [-0.2, 0) is 14.4 Å². The van der Waals surface area contributed by atoms with E-state index in [9.17, 15) is 34.8 Å². The molecular weight excluding hydrogens is 304 g/mol. The maximum atomic E-state index is 12.4. The quantitative estimate of drug-likeness (QED) is 0.456. The molecule has 1 rings (SSSR count). The number of hydrogen-bond acceptors (Lipinski definition) is 3. The molecule has 1 saturated heterocycles. The van der Waals surface area contributed by atoms with E-state index >= 15 is 0 Å². The van der Waals surface area contributed by atoms with Crippen LogP contribution in [0.5, 0.6) is 0 Å². The number of hydroxylamine groups is 3. The van der Waals surface area contributed by atoms with Gasteiger partial charge in [0.25, 0.3) is 0 Å². The zero-order chi connectivity index (χ0) is 14.9. The molecule has 0 spiro atoms. The van der Waals surface area contributed by atoms with Crippen LogP contribution in [0.3, 0.4) is 0 Å². The lowest BCUT2D eigenvalue weighted by atomic mass is 10.1. The van der Waals surface area contributed by atoms with E-state index in [0.29, 0.717) is 6.42 Å². The number of halogens is 6. The van der Waals surface area contributed by atoms with Gasteiger partial charge in [0.1, 0.15) is 13.1 Å². The Labute approximate surface area is 105 Å². The molecule has 0 bridgehead atoms. The SMILES string of the molecule is O=S(=O)(O[N+]1(CC(F)(F)F)CCCCC1)C(F)(F)F. The lowest BCUT2D eigenvalue weighted by Gasteiger charge is -2.37. The number of alkyl halides is 6. The Morgan fingerprint density at radius 1 is 0.947 bits per heavy atom. The van der Waals surface area contributed by atoms with Gasteiger partial charge < -0.3 is 0 Å². The largest absolute Gasteiger partial charge is 0.528 e. The fourth-order valence-electron chi connectivity index (χ4n) is 1.92. The highest BCUT2D eigenvalue weighted by molar-refractivity contribution is 7.87. The van der Waals surface area contributed by atoms with Crippen LogP contribution in [0.25, 0.3) is 0 Å². The van der Waals surface area contributed by atoms with Gasteiger partial charge >= 0.3 is 21.8 Å². The van der Waals surface area contributed by atoms with Crippen LogP contribution in [0.1, 0.15) is 19.3 Å². The molecule has 0 aliphatic carbocycles. The molecule has 0 aromatic carbocycles. The van der Waals surface area contributed by atoms with Crippen molar-refractivity contribution in [2.24, 2.45) is 0 Å². The Bertz CT molecular complexity index is 409. The molecule has 1 aliphatic rings. The highest BCUT2D eigenvalue weighted by Gasteiger charge is 2.56. The summed E-state index contributed by atoms with van der Waals surface area (Å²) in [5.74, 6) is 0. The first-order chi connectivity index (χ1) is 8.37. The van der Waals surface area contributed by atoms with Crippen molar-refractivity contribution in [1.29, 1.82) is 0 Å². The normalized spacial score (nSPS) is 21.4. The third-order valence-electron chi connectivity index (χ3n) is 2.64. The van der Waals surface area contributed by atoms with Crippen molar-refractivity contribution in [3.05, 3.63) is 0 Å². The number of piperidine rings is 1. The molecule has 114 valence electrons. The van der Waals surface area contributed by atoms with Crippen LogP contribution >= 0.6 is 0 Å². The van der Waals surface area contributed by atoms with Crippen LogP contribution < -0.4 is 0 Å². The number of quaternary nitrogens is 1. The van der Waals surface area contributed by atoms with Gasteiger partial charge in [0, 0.05) is 0 Å². The van der Waals surface area contributed by atoms with E-state index in [2.05, 4.69) is 4.28 Å². The average molecular weight is 316 g/mol. The Morgan fingerprint density at radius 2 is 1.42 bits per heavy atom. The van der Waals surface area contributed by atoms with Gasteiger partial charge in [-0.2, -0.15) is 39.4 Å². The monoisotopic (exact) mass is 316 g/mol. The molecule has 0 aromatic heterocycles. The van der Waals surface area contributed by atoms with Gasteiger partial charge in [0.2, 0.25) is 6.54 Å². The summed E-state index contributed by atoms with van der Waals surface area (Å²) in [6.07, 6.45) is -3.96. The minimum absolute atomic E-state index is 0.170. The molecular formula is C8H12F6NO3S+. The van der Waals surface area contributed by atoms with Crippen molar-refractivity contribution >= 4 is 10.1 Å². The van der Waals surface area contributed by atoms with Gasteiger partial charge in [-0.25, -0.2) is 0 Å². The average Bonchev–Trinajstić information content (AvgIpc) is 2.12. The summed E-state index contributed by atoms with van der Waals surface area (Å²) < 4.78 is 97.8. The highest BCUT2D eigenvalue weighted by Crippen LogP contribution is 2.33. The van der Waals surface area contributed by atoms with E-state index in [1.807, 2.05) is 0 Å². The van der Waals surface area contributed by atoms with Gasteiger partial charge in [-0.1, -0.05) is 4.28 Å². The predicted octanol–water partition coefficient (Wildman–Crippen LogP) is 2.33. The number of likely N-dealkylation sites (tertiary alicyclic amines) is 1. The minimum atomic E-state index is -6.06. The molecule has 1 heterocycles. The fraction of sp³-hybridized carbons (Fsp3) is 1.00. The second-order valence-electron chi connectivity index (χ2n) is 4.31. The van der Waals surface area contributed by atoms with E-state index in [4.69, 9.17) is 0 Å². The Kier molecular flexibility index (Phi) is 4.42. The molecule has 1 fully saturated rings. The summed E-state index contributed by atoms with van der Waals surface area (Å²) in [5.41, 5.74) is -5.73. The molecule has 4 nitrogen and oxygen atoms in total. The minimum Gasteiger partial charge on any atom is -0.185 e. The molecule has 19 heavy (non-hydrogen) atoms. The number of nitrogens with zero attached hydrogens (tertiary/aromatic N) is 1. The third-order valence-corrected chi connectivity index (χ3v) is 3.72. The Hall–Kier alpha value is -0.550. The predicted molar refractivity (Wildman–Crippen MR) is 50.8 cm³/mol. The van der Waals surface area contributed by atoms with E-state index in [1.165, 1.54) is 0 Å². The van der Waals surface area contributed by atoms with Crippen LogP contribution in [0.2, 0.25) is 0 Å². The maximum Gasteiger partial charge on any atom is 0.528 e. The summed E-state index contributed by atoms with van der Waals surface area (Å²) in [6.45, 7) is -2.61. The number of hydrogen-bond donors (Lipinski definition) is 0. The van der Waals surface area contributed by atoms with Gasteiger partial charge in [-0.3, -0.25) is 0 Å². The smallest absolute Gasteiger partial charge is 0.185 e. The molecule has 0 saturated carbocycles. The van der Waals surface area contributed by atoms with E-state index in [-0.39, 0.29) is 12.8 Å². The molecule has 11 heteroatoms. The zero-order valence-electron chi connectivity index (χ0n) is 9.59. The van der Waals surface area contributed by atoms with Crippen molar-refractivity contribution in [1.82, 2.24) is 0 Å². The summed E-state index contributed by atoms with van der Waals surface area (Å²) >= 11 is 0. The Morgan fingerprint density at radius 3 is 1.79 bits per heavy atom. The second-order valence-corrected chi connectivity index (χ2v) is 5.83. The first-order valence-corrected chi connectivity index (χ1v) is 6.73. The van der Waals surface area contributed by atoms with Crippen LogP contribution in [0.15, 0.2) is 0 Å². The van der Waals surface area contributed by atoms with Crippen molar-refractivity contribution in [2.45, 2.75) is 30.9 Å². The summed E-state index contributed by atoms with van der Waals surface area (Å²) in [5, 5.41) is 0. The summed E-state index contributed by atoms with van der Waals surface area (Å²) in [4.78, 5) is 0. The molecule has 0 amide bonds. The maximum absolute atomic E-state index is 12.4. The topological polar surface area (TPSA) is 43.4 Å². The standard InChI is InChI=1S/C8H12F6NO3S/c9-7(10,11)6-15(4-2-1-3-5-15)18-19(16,17)8(12,13)14/h1-6H2/q+1. The van der Waals surface area contributed by atoms with Crippen molar-refractivity contribution in [3.63, 3.8) is 0 Å². The number of rotatable bonds is 3. The zero-order valence-corrected chi connectivity index (χ0v) is 10.4. The van der Waals surface area contributed by atoms with Crippen molar-refractivity contribution < 1.29 is 43.7 Å². The fourth-order valence-corrected chi connectivity index (χ4v) is 2.63. The lowest BCUT2D eigenvalue weighted by Crippen LogP contribution is -2.57. The molecule has 1 aliphatic heterocycles. The highest BCUT2D eigenvalue weighted by atomic mass is 32.2. The first-order valence-electron chi connectivity index (χ1n) is 5.32. The van der Waals surface area contributed by atoms with Gasteiger partial charge in [-0.15, -0.1) is 0 Å². The lowest BCUT2D eigenvalue weighted by molar-refractivity contribution is -1.09. The van der Waals surface area contributed by atoms with E-state index in [0.717, 1.165) is 0 Å². The van der Waals surface area contributed by atoms with Crippen LogP contribution in [-0.4, -0.2) is 44.4 Å². The molecule has 0 N–H and O–H groups in total. The molecule has 0 radical (unpaired) electrons. The molecule has 0 atom stereocenters. The molecule has 0 unspecified atom stereocenters. The second kappa shape index (κ2) is 5.09. The Balaban J connectivity index is 2.99. The first kappa shape index (κ1) is 16.5. The summed E-state index contributed by atoms with van der Waals surface area (Å²) in [6, 6.07) is 0. The van der Waals surface area contributed by atoms with Gasteiger partial charge in [0.05, 0.1) is 0 Å². The third kappa shape index (κ3) is 4.49. The van der Waals surface area contributed by atoms with Gasteiger partial charge in [0.15, 0.2) is 0 Å². The molecule has 0 aromatic rings. The van der Waals surface area contributed by atoms with Crippen molar-refractivity contribution in [3.8, 4) is 0 Å².